The number of aliphatic hydroxyl groups is 1. The van der Waals surface area contributed by atoms with Crippen molar-refractivity contribution in [2.24, 2.45) is 0 Å². The van der Waals surface area contributed by atoms with Gasteiger partial charge in [0.2, 0.25) is 0 Å². The summed E-state index contributed by atoms with van der Waals surface area (Å²) in [5.74, 6) is -0.0617. The summed E-state index contributed by atoms with van der Waals surface area (Å²) in [6, 6.07) is 5.31. The fraction of sp³-hybridized carbons (Fsp3) is 0.462. The number of aryl methyl sites for hydroxylation is 1. The maximum absolute atomic E-state index is 12.2. The Morgan fingerprint density at radius 2 is 2.18 bits per heavy atom. The van der Waals surface area contributed by atoms with Gasteiger partial charge in [0.1, 0.15) is 0 Å². The van der Waals surface area contributed by atoms with Crippen LogP contribution in [0.15, 0.2) is 18.2 Å². The van der Waals surface area contributed by atoms with Crippen molar-refractivity contribution in [2.75, 3.05) is 13.1 Å². The average Bonchev–Trinajstić information content (AvgIpc) is 2.56. The molecule has 1 saturated heterocycles. The third kappa shape index (κ3) is 2.79. The van der Waals surface area contributed by atoms with Crippen LogP contribution in [0.2, 0.25) is 5.02 Å². The zero-order chi connectivity index (χ0) is 12.6. The first-order chi connectivity index (χ1) is 7.87. The van der Waals surface area contributed by atoms with Crippen LogP contribution in [0.5, 0.6) is 0 Å². The molecule has 0 aliphatic carbocycles. The summed E-state index contributed by atoms with van der Waals surface area (Å²) in [5.41, 5.74) is 0.794. The maximum atomic E-state index is 12.2. The second-order valence-electron chi connectivity index (χ2n) is 4.99. The predicted molar refractivity (Wildman–Crippen MR) is 67.3 cm³/mol. The van der Waals surface area contributed by atoms with Crippen LogP contribution in [0.1, 0.15) is 29.3 Å². The van der Waals surface area contributed by atoms with Crippen molar-refractivity contribution in [3.8, 4) is 0 Å². The van der Waals surface area contributed by atoms with Crippen LogP contribution in [0.4, 0.5) is 0 Å². The van der Waals surface area contributed by atoms with Crippen LogP contribution < -0.4 is 0 Å². The summed E-state index contributed by atoms with van der Waals surface area (Å²) in [7, 11) is 0. The van der Waals surface area contributed by atoms with Crippen molar-refractivity contribution < 1.29 is 9.90 Å². The Labute approximate surface area is 106 Å². The fourth-order valence-corrected chi connectivity index (χ4v) is 2.45. The van der Waals surface area contributed by atoms with Gasteiger partial charge in [0.05, 0.1) is 5.60 Å². The molecule has 2 rings (SSSR count). The highest BCUT2D eigenvalue weighted by Crippen LogP contribution is 2.23. The maximum Gasteiger partial charge on any atom is 0.254 e. The van der Waals surface area contributed by atoms with Gasteiger partial charge < -0.3 is 10.0 Å². The molecule has 0 spiro atoms. The number of rotatable bonds is 1. The first kappa shape index (κ1) is 12.4. The molecule has 0 saturated carbocycles. The Hall–Kier alpha value is -1.06. The van der Waals surface area contributed by atoms with Gasteiger partial charge in [-0.25, -0.2) is 0 Å². The predicted octanol–water partition coefficient (Wildman–Crippen LogP) is 2.25. The Balaban J connectivity index is 2.20. The van der Waals surface area contributed by atoms with Gasteiger partial charge in [0.15, 0.2) is 0 Å². The van der Waals surface area contributed by atoms with E-state index in [0.717, 1.165) is 5.56 Å². The minimum Gasteiger partial charge on any atom is -0.388 e. The molecule has 1 heterocycles. The van der Waals surface area contributed by atoms with E-state index in [1.807, 2.05) is 19.1 Å². The van der Waals surface area contributed by atoms with Gasteiger partial charge in [-0.3, -0.25) is 4.79 Å². The second-order valence-corrected chi connectivity index (χ2v) is 5.43. The quantitative estimate of drug-likeness (QED) is 0.834. The lowest BCUT2D eigenvalue weighted by Gasteiger charge is -2.19. The van der Waals surface area contributed by atoms with E-state index in [0.29, 0.717) is 30.1 Å². The van der Waals surface area contributed by atoms with Crippen LogP contribution in [0, 0.1) is 6.92 Å². The molecule has 1 aliphatic rings. The Morgan fingerprint density at radius 3 is 2.71 bits per heavy atom. The summed E-state index contributed by atoms with van der Waals surface area (Å²) in [6.45, 7) is 4.64. The van der Waals surface area contributed by atoms with E-state index in [9.17, 15) is 9.90 Å². The summed E-state index contributed by atoms with van der Waals surface area (Å²) in [6.07, 6.45) is 0.623. The summed E-state index contributed by atoms with van der Waals surface area (Å²) >= 11 is 5.94. The van der Waals surface area contributed by atoms with Crippen molar-refractivity contribution in [3.05, 3.63) is 34.3 Å². The number of likely N-dealkylation sites (tertiary alicyclic amines) is 1. The highest BCUT2D eigenvalue weighted by Gasteiger charge is 2.34. The van der Waals surface area contributed by atoms with Gasteiger partial charge in [0, 0.05) is 23.7 Å². The third-order valence-corrected chi connectivity index (χ3v) is 3.25. The number of nitrogens with zero attached hydrogens (tertiary/aromatic N) is 1. The molecule has 17 heavy (non-hydrogen) atoms. The zero-order valence-electron chi connectivity index (χ0n) is 10.0. The molecule has 3 nitrogen and oxygen atoms in total. The monoisotopic (exact) mass is 253 g/mol. The fourth-order valence-electron chi connectivity index (χ4n) is 2.16. The normalized spacial score (nSPS) is 24.1. The molecule has 0 aromatic heterocycles. The van der Waals surface area contributed by atoms with E-state index in [4.69, 9.17) is 11.6 Å². The van der Waals surface area contributed by atoms with E-state index >= 15 is 0 Å². The molecule has 0 radical (unpaired) electrons. The summed E-state index contributed by atoms with van der Waals surface area (Å²) in [5, 5.41) is 10.4. The average molecular weight is 254 g/mol. The smallest absolute Gasteiger partial charge is 0.254 e. The number of hydrogen-bond donors (Lipinski definition) is 1. The SMILES string of the molecule is Cc1cc(Cl)cc(C(=O)N2CCC(C)(O)C2)c1. The van der Waals surface area contributed by atoms with E-state index in [1.54, 1.807) is 17.9 Å². The number of β-amino-alcohol motifs (C(OH)–C–C–N with tert-alkyl or cyclic N) is 1. The highest BCUT2D eigenvalue weighted by molar-refractivity contribution is 6.31. The second kappa shape index (κ2) is 4.31. The molecule has 1 unspecified atom stereocenters. The van der Waals surface area contributed by atoms with Gasteiger partial charge in [-0.2, -0.15) is 0 Å². The number of hydrogen-bond acceptors (Lipinski definition) is 2. The van der Waals surface area contributed by atoms with Crippen molar-refractivity contribution in [2.45, 2.75) is 25.9 Å². The molecule has 0 bridgehead atoms. The molecule has 1 aromatic rings. The van der Waals surface area contributed by atoms with Crippen molar-refractivity contribution >= 4 is 17.5 Å². The molecule has 1 N–H and O–H groups in total. The summed E-state index contributed by atoms with van der Waals surface area (Å²) < 4.78 is 0. The van der Waals surface area contributed by atoms with Crippen molar-refractivity contribution in [1.82, 2.24) is 4.90 Å². The molecular formula is C13H16ClNO2. The first-order valence-electron chi connectivity index (χ1n) is 5.66. The molecule has 1 atom stereocenters. The molecule has 92 valence electrons. The highest BCUT2D eigenvalue weighted by atomic mass is 35.5. The van der Waals surface area contributed by atoms with Crippen molar-refractivity contribution in [3.63, 3.8) is 0 Å². The van der Waals surface area contributed by atoms with E-state index < -0.39 is 5.60 Å². The van der Waals surface area contributed by atoms with Crippen LogP contribution in [-0.4, -0.2) is 34.6 Å². The van der Waals surface area contributed by atoms with E-state index in [2.05, 4.69) is 0 Å². The Morgan fingerprint density at radius 1 is 1.47 bits per heavy atom. The molecule has 1 fully saturated rings. The Bertz CT molecular complexity index is 436. The lowest BCUT2D eigenvalue weighted by molar-refractivity contribution is 0.0572. The standard InChI is InChI=1S/C13H16ClNO2/c1-9-5-10(7-11(14)6-9)12(16)15-4-3-13(2,17)8-15/h5-7,17H,3-4,8H2,1-2H3. The number of halogens is 1. The van der Waals surface area contributed by atoms with Gasteiger partial charge in [0.25, 0.3) is 5.91 Å². The topological polar surface area (TPSA) is 40.5 Å². The first-order valence-corrected chi connectivity index (χ1v) is 6.04. The van der Waals surface area contributed by atoms with Gasteiger partial charge >= 0.3 is 0 Å². The van der Waals surface area contributed by atoms with Gasteiger partial charge in [-0.05, 0) is 44.0 Å². The van der Waals surface area contributed by atoms with Crippen molar-refractivity contribution in [1.29, 1.82) is 0 Å². The molecule has 1 aliphatic heterocycles. The van der Waals surface area contributed by atoms with Crippen LogP contribution in [-0.2, 0) is 0 Å². The minimum atomic E-state index is -0.761. The zero-order valence-corrected chi connectivity index (χ0v) is 10.8. The van der Waals surface area contributed by atoms with Gasteiger partial charge in [-0.15, -0.1) is 0 Å². The summed E-state index contributed by atoms with van der Waals surface area (Å²) in [4.78, 5) is 13.9. The van der Waals surface area contributed by atoms with E-state index in [1.165, 1.54) is 0 Å². The minimum absolute atomic E-state index is 0.0617. The lowest BCUT2D eigenvalue weighted by atomic mass is 10.1. The molecule has 1 amide bonds. The number of amides is 1. The largest absolute Gasteiger partial charge is 0.388 e. The number of carbonyl (C=O) groups is 1. The number of benzene rings is 1. The third-order valence-electron chi connectivity index (χ3n) is 3.03. The Kier molecular flexibility index (Phi) is 3.15. The molecular weight excluding hydrogens is 238 g/mol. The van der Waals surface area contributed by atoms with Crippen LogP contribution in [0.25, 0.3) is 0 Å². The van der Waals surface area contributed by atoms with Crippen LogP contribution >= 0.6 is 11.6 Å². The molecule has 4 heteroatoms. The number of carbonyl (C=O) groups excluding carboxylic acids is 1. The lowest BCUT2D eigenvalue weighted by Crippen LogP contribution is -2.33. The van der Waals surface area contributed by atoms with Crippen LogP contribution in [0.3, 0.4) is 0 Å². The van der Waals surface area contributed by atoms with E-state index in [-0.39, 0.29) is 5.91 Å². The molecule has 1 aromatic carbocycles. The van der Waals surface area contributed by atoms with Gasteiger partial charge in [-0.1, -0.05) is 11.6 Å².